The van der Waals surface area contributed by atoms with Gasteiger partial charge in [0.1, 0.15) is 0 Å². The van der Waals surface area contributed by atoms with Gasteiger partial charge in [-0.2, -0.15) is 0 Å². The minimum atomic E-state index is -2.48. The number of carbonyl (C=O) groups excluding carboxylic acids is 1. The average Bonchev–Trinajstić information content (AvgIpc) is 2.92. The first-order valence-corrected chi connectivity index (χ1v) is 28.4. The zero-order chi connectivity index (χ0) is 26.9. The van der Waals surface area contributed by atoms with Gasteiger partial charge in [0.05, 0.1) is 28.9 Å². The van der Waals surface area contributed by atoms with Crippen molar-refractivity contribution in [2.24, 2.45) is 5.92 Å². The Labute approximate surface area is 227 Å². The van der Waals surface area contributed by atoms with E-state index in [0.29, 0.717) is 0 Å². The lowest BCUT2D eigenvalue weighted by Gasteiger charge is -2.63. The summed E-state index contributed by atoms with van der Waals surface area (Å²) in [4.78, 5) is 14.2. The highest BCUT2D eigenvalue weighted by molar-refractivity contribution is 7.88. The van der Waals surface area contributed by atoms with Crippen molar-refractivity contribution in [2.45, 2.75) is 160 Å². The van der Waals surface area contributed by atoms with E-state index in [2.05, 4.69) is 62.3 Å². The fourth-order valence-corrected chi connectivity index (χ4v) is 108. The van der Waals surface area contributed by atoms with E-state index in [1.165, 1.54) is 60.8 Å². The maximum absolute atomic E-state index is 14.2. The lowest BCUT2D eigenvalue weighted by atomic mass is 9.84. The Kier molecular flexibility index (Phi) is 14.1. The van der Waals surface area contributed by atoms with Crippen LogP contribution in [0.25, 0.3) is 0 Å². The van der Waals surface area contributed by atoms with E-state index in [9.17, 15) is 9.90 Å². The minimum Gasteiger partial charge on any atom is -0.526 e. The van der Waals surface area contributed by atoms with Crippen LogP contribution in [0.3, 0.4) is 0 Å². The summed E-state index contributed by atoms with van der Waals surface area (Å²) in [6, 6.07) is 11.0. The topological polar surface area (TPSA) is 46.5 Å². The molecular weight excluding hydrogens is 520 g/mol. The molecule has 1 rings (SSSR count). The van der Waals surface area contributed by atoms with Gasteiger partial charge in [-0.3, -0.25) is 4.79 Å². The van der Waals surface area contributed by atoms with Crippen LogP contribution in [-0.2, 0) is 9.22 Å². The highest BCUT2D eigenvalue weighted by atomic mass is 35.5. The summed E-state index contributed by atoms with van der Waals surface area (Å²) in [5.74, 6) is -0.0977. The molecule has 0 heterocycles. The molecule has 35 heavy (non-hydrogen) atoms. The molecule has 0 saturated heterocycles. The predicted octanol–water partition coefficient (Wildman–Crippen LogP) is 8.78. The van der Waals surface area contributed by atoms with Crippen LogP contribution in [0.4, 0.5) is 0 Å². The van der Waals surface area contributed by atoms with Gasteiger partial charge >= 0.3 is 5.97 Å². The maximum Gasteiger partial charge on any atom is 0.312 e. The molecule has 1 aliphatic rings. The molecule has 3 nitrogen and oxygen atoms in total. The SMILES string of the molecule is CC[Si](CC)(CC)[Si](OC(=O)[C@@H](Cl)[C@H](O)C1CCCCC1)([Si](CC)(CC)CC)[Si](CC)(CC)CC. The Bertz CT molecular complexity index is 555. The van der Waals surface area contributed by atoms with Gasteiger partial charge in [-0.05, 0) is 18.8 Å². The van der Waals surface area contributed by atoms with Crippen molar-refractivity contribution in [3.63, 3.8) is 0 Å². The van der Waals surface area contributed by atoms with E-state index < -0.39 is 41.1 Å². The Morgan fingerprint density at radius 3 is 1.31 bits per heavy atom. The van der Waals surface area contributed by atoms with Crippen LogP contribution in [0.5, 0.6) is 0 Å². The molecule has 0 aromatic heterocycles. The van der Waals surface area contributed by atoms with Gasteiger partial charge < -0.3 is 9.53 Å². The number of rotatable bonds is 16. The van der Waals surface area contributed by atoms with Crippen molar-refractivity contribution >= 4 is 47.2 Å². The second-order valence-electron chi connectivity index (χ2n) is 11.4. The Morgan fingerprint density at radius 1 is 0.714 bits per heavy atom. The van der Waals surface area contributed by atoms with Crippen LogP contribution in [0, 0.1) is 5.92 Å². The van der Waals surface area contributed by atoms with Gasteiger partial charge in [-0.15, -0.1) is 11.6 Å². The van der Waals surface area contributed by atoms with Crippen molar-refractivity contribution in [3.05, 3.63) is 0 Å². The summed E-state index contributed by atoms with van der Waals surface area (Å²) in [6.45, 7) is 19.3. The summed E-state index contributed by atoms with van der Waals surface area (Å²) in [7, 11) is -5.69. The number of halogens is 1. The standard InChI is InChI=1S/C27H59ClO3Si4/c1-10-32(11-2,12-3)35(33(13-4,14-5)15-6,34(16-7,17-8)18-9)31-27(30)25(28)26(29)24-22-20-19-21-23-24/h24-26,29H,10-23H2,1-9H3/t25-,26+/m0/s1. The summed E-state index contributed by atoms with van der Waals surface area (Å²) in [6.07, 6.45) is 4.67. The van der Waals surface area contributed by atoms with Gasteiger partial charge in [-0.25, -0.2) is 0 Å². The third-order valence-corrected chi connectivity index (χ3v) is 81.4. The molecule has 8 heteroatoms. The van der Waals surface area contributed by atoms with Crippen LogP contribution >= 0.6 is 11.6 Å². The predicted molar refractivity (Wildman–Crippen MR) is 166 cm³/mol. The van der Waals surface area contributed by atoms with Crippen molar-refractivity contribution in [1.29, 1.82) is 0 Å². The minimum absolute atomic E-state index is 0.136. The first kappa shape index (κ1) is 33.6. The second-order valence-corrected chi connectivity index (χ2v) is 47.9. The first-order valence-electron chi connectivity index (χ1n) is 15.2. The van der Waals surface area contributed by atoms with Crippen molar-refractivity contribution in [1.82, 2.24) is 0 Å². The third kappa shape index (κ3) is 5.80. The van der Waals surface area contributed by atoms with E-state index in [1.807, 2.05) is 0 Å². The number of aliphatic hydroxyl groups is 1. The van der Waals surface area contributed by atoms with E-state index in [1.54, 1.807) is 0 Å². The summed E-state index contributed by atoms with van der Waals surface area (Å²) in [5, 5.41) is 10.3. The molecule has 1 saturated carbocycles. The number of hydrogen-bond acceptors (Lipinski definition) is 3. The highest BCUT2D eigenvalue weighted by Crippen LogP contribution is 2.51. The molecule has 0 aromatic carbocycles. The molecule has 0 radical (unpaired) electrons. The second kappa shape index (κ2) is 14.7. The molecule has 208 valence electrons. The van der Waals surface area contributed by atoms with Gasteiger partial charge in [0.15, 0.2) is 5.38 Å². The number of aliphatic hydroxyl groups excluding tert-OH is 1. The summed E-state index contributed by atoms with van der Waals surface area (Å²) in [5.41, 5.74) is 0. The zero-order valence-electron chi connectivity index (χ0n) is 24.8. The lowest BCUT2D eigenvalue weighted by molar-refractivity contribution is -0.137. The van der Waals surface area contributed by atoms with Crippen molar-refractivity contribution < 1.29 is 14.3 Å². The van der Waals surface area contributed by atoms with Gasteiger partial charge in [-0.1, -0.05) is 136 Å². The zero-order valence-corrected chi connectivity index (χ0v) is 29.5. The van der Waals surface area contributed by atoms with E-state index in [4.69, 9.17) is 16.0 Å². The molecule has 1 N–H and O–H groups in total. The van der Waals surface area contributed by atoms with Crippen LogP contribution in [0.2, 0.25) is 54.4 Å². The third-order valence-electron chi connectivity index (χ3n) is 11.2. The van der Waals surface area contributed by atoms with Crippen molar-refractivity contribution in [3.8, 4) is 0 Å². The quantitative estimate of drug-likeness (QED) is 0.147. The molecule has 1 aliphatic carbocycles. The Balaban J connectivity index is 3.87. The largest absolute Gasteiger partial charge is 0.526 e. The Morgan fingerprint density at radius 2 is 1.03 bits per heavy atom. The Hall–Kier alpha value is 0.588. The molecule has 0 spiro atoms. The number of hydrogen-bond donors (Lipinski definition) is 1. The number of alkyl halides is 1. The summed E-state index contributed by atoms with van der Waals surface area (Å²) >= 11 is 6.90. The highest BCUT2D eigenvalue weighted by Gasteiger charge is 2.74. The van der Waals surface area contributed by atoms with Gasteiger partial charge in [0.25, 0.3) is 0 Å². The molecule has 0 amide bonds. The fourth-order valence-electron chi connectivity index (χ4n) is 8.56. The first-order chi connectivity index (χ1) is 16.6. The van der Waals surface area contributed by atoms with Crippen LogP contribution in [0.1, 0.15) is 94.4 Å². The fraction of sp³-hybridized carbons (Fsp3) is 0.963. The molecule has 0 bridgehead atoms. The molecule has 0 aliphatic heterocycles. The lowest BCUT2D eigenvalue weighted by Crippen LogP contribution is -2.90. The van der Waals surface area contributed by atoms with E-state index in [0.717, 1.165) is 25.7 Å². The van der Waals surface area contributed by atoms with Crippen LogP contribution in [-0.4, -0.2) is 52.2 Å². The number of carbonyl (C=O) groups is 1. The molecular formula is C27H59ClO3Si4. The van der Waals surface area contributed by atoms with Gasteiger partial charge in [0, 0.05) is 0 Å². The van der Waals surface area contributed by atoms with Gasteiger partial charge in [0.2, 0.25) is 6.87 Å². The monoisotopic (exact) mass is 578 g/mol. The average molecular weight is 580 g/mol. The molecule has 0 aromatic rings. The normalized spacial score (nSPS) is 18.4. The maximum atomic E-state index is 14.2. The smallest absolute Gasteiger partial charge is 0.312 e. The van der Waals surface area contributed by atoms with Crippen LogP contribution < -0.4 is 0 Å². The summed E-state index contributed by atoms with van der Waals surface area (Å²) < 4.78 is 7.42. The molecule has 1 fully saturated rings. The van der Waals surface area contributed by atoms with E-state index >= 15 is 0 Å². The molecule has 2 atom stereocenters. The van der Waals surface area contributed by atoms with Crippen molar-refractivity contribution in [2.75, 3.05) is 0 Å². The van der Waals surface area contributed by atoms with E-state index in [-0.39, 0.29) is 11.9 Å². The van der Waals surface area contributed by atoms with Crippen LogP contribution in [0.15, 0.2) is 0 Å². The molecule has 0 unspecified atom stereocenters.